The molecule has 0 saturated heterocycles. The van der Waals surface area contributed by atoms with Crippen molar-refractivity contribution in [3.8, 4) is 11.5 Å². The molecule has 2 N–H and O–H groups in total. The summed E-state index contributed by atoms with van der Waals surface area (Å²) in [6.45, 7) is 1.60. The maximum absolute atomic E-state index is 14.1. The Morgan fingerprint density at radius 3 is 2.30 bits per heavy atom. The van der Waals surface area contributed by atoms with Crippen LogP contribution in [0.4, 0.5) is 4.79 Å². The molecule has 4 bridgehead atoms. The second kappa shape index (κ2) is 13.1. The van der Waals surface area contributed by atoms with Gasteiger partial charge in [-0.25, -0.2) is 4.79 Å². The number of para-hydroxylation sites is 1. The largest absolute Gasteiger partial charge is 0.493 e. The molecule has 4 saturated carbocycles. The molecule has 1 heterocycles. The molecule has 0 unspecified atom stereocenters. The van der Waals surface area contributed by atoms with E-state index in [-0.39, 0.29) is 24.0 Å². The van der Waals surface area contributed by atoms with Crippen LogP contribution in [-0.4, -0.2) is 79.8 Å². The van der Waals surface area contributed by atoms with Gasteiger partial charge in [-0.05, 0) is 92.0 Å². The molecule has 9 nitrogen and oxygen atoms in total. The van der Waals surface area contributed by atoms with Gasteiger partial charge in [0.15, 0.2) is 11.5 Å². The van der Waals surface area contributed by atoms with Gasteiger partial charge in [-0.2, -0.15) is 0 Å². The highest BCUT2D eigenvalue weighted by Crippen LogP contribution is 2.55. The van der Waals surface area contributed by atoms with E-state index in [0.29, 0.717) is 44.2 Å². The van der Waals surface area contributed by atoms with E-state index in [1.54, 1.807) is 26.2 Å². The number of H-pyrrole nitrogens is 1. The number of aromatic amines is 1. The molecule has 4 aliphatic carbocycles. The van der Waals surface area contributed by atoms with Crippen LogP contribution in [0.25, 0.3) is 10.9 Å². The molecule has 4 aliphatic rings. The molecular weight excluding hydrogens is 556 g/mol. The van der Waals surface area contributed by atoms with Gasteiger partial charge in [-0.3, -0.25) is 4.79 Å². The molecule has 2 aromatic carbocycles. The summed E-state index contributed by atoms with van der Waals surface area (Å²) in [4.78, 5) is 34.8. The Labute approximate surface area is 260 Å². The smallest absolute Gasteiger partial charge is 0.318 e. The van der Waals surface area contributed by atoms with Gasteiger partial charge in [0.25, 0.3) is 0 Å². The number of carbonyl (C=O) groups is 2. The standard InChI is InChI=1S/C35H46N4O5/c1-42-13-12-39(34(41)37-35-18-25-14-26(19-35)16-27(15-25)20-35)23-33(40)38(22-24-8-9-31(43-2)32(17-24)44-3)11-10-28-21-36-30-7-5-4-6-29(28)30/h4-9,17,21,25-27,36H,10-16,18-20,22-23H2,1-3H3,(H,37,41). The lowest BCUT2D eigenvalue weighted by atomic mass is 9.53. The molecule has 3 aromatic rings. The van der Waals surface area contributed by atoms with E-state index in [2.05, 4.69) is 22.4 Å². The highest BCUT2D eigenvalue weighted by Gasteiger charge is 2.51. The Bertz CT molecular complexity index is 1430. The number of fused-ring (bicyclic) bond motifs is 1. The van der Waals surface area contributed by atoms with Crippen LogP contribution in [0.5, 0.6) is 11.5 Å². The average Bonchev–Trinajstić information content (AvgIpc) is 3.43. The number of amides is 3. The van der Waals surface area contributed by atoms with Crippen molar-refractivity contribution in [3.63, 3.8) is 0 Å². The minimum absolute atomic E-state index is 0.0112. The van der Waals surface area contributed by atoms with Crippen LogP contribution in [0.15, 0.2) is 48.7 Å². The first kappa shape index (κ1) is 30.3. The van der Waals surface area contributed by atoms with Crippen LogP contribution < -0.4 is 14.8 Å². The first-order valence-electron chi connectivity index (χ1n) is 16.0. The lowest BCUT2D eigenvalue weighted by Gasteiger charge is -2.57. The number of carbonyl (C=O) groups excluding carboxylic acids is 2. The van der Waals surface area contributed by atoms with Crippen LogP contribution in [0.2, 0.25) is 0 Å². The number of benzene rings is 2. The first-order valence-corrected chi connectivity index (χ1v) is 16.0. The Kier molecular flexibility index (Phi) is 9.03. The van der Waals surface area contributed by atoms with E-state index in [1.807, 2.05) is 41.4 Å². The lowest BCUT2D eigenvalue weighted by molar-refractivity contribution is -0.132. The second-order valence-corrected chi connectivity index (χ2v) is 13.2. The molecule has 0 spiro atoms. The van der Waals surface area contributed by atoms with Gasteiger partial charge in [0, 0.05) is 49.4 Å². The van der Waals surface area contributed by atoms with Crippen LogP contribution >= 0.6 is 0 Å². The van der Waals surface area contributed by atoms with E-state index >= 15 is 0 Å². The van der Waals surface area contributed by atoms with Crippen LogP contribution in [0.3, 0.4) is 0 Å². The van der Waals surface area contributed by atoms with Crippen molar-refractivity contribution in [2.45, 2.75) is 57.0 Å². The summed E-state index contributed by atoms with van der Waals surface area (Å²) in [7, 11) is 4.84. The second-order valence-electron chi connectivity index (χ2n) is 13.2. The summed E-state index contributed by atoms with van der Waals surface area (Å²) in [5, 5.41) is 4.61. The van der Waals surface area contributed by atoms with Crippen LogP contribution in [0, 0.1) is 17.8 Å². The maximum Gasteiger partial charge on any atom is 0.318 e. The topological polar surface area (TPSA) is 96.1 Å². The van der Waals surface area contributed by atoms with E-state index in [1.165, 1.54) is 19.3 Å². The molecule has 0 radical (unpaired) electrons. The lowest BCUT2D eigenvalue weighted by Crippen LogP contribution is -2.62. The summed E-state index contributed by atoms with van der Waals surface area (Å²) in [6, 6.07) is 13.8. The fourth-order valence-corrected chi connectivity index (χ4v) is 8.37. The zero-order chi connectivity index (χ0) is 30.7. The van der Waals surface area contributed by atoms with Crippen molar-refractivity contribution >= 4 is 22.8 Å². The molecule has 236 valence electrons. The molecule has 1 aromatic heterocycles. The zero-order valence-corrected chi connectivity index (χ0v) is 26.3. The molecule has 0 aliphatic heterocycles. The Hall–Kier alpha value is -3.72. The van der Waals surface area contributed by atoms with E-state index in [0.717, 1.165) is 59.0 Å². The SMILES string of the molecule is COCCN(CC(=O)N(CCc1c[nH]c2ccccc12)Cc1ccc(OC)c(OC)c1)C(=O)NC12CC3CC(CC(C3)C1)C2. The number of ether oxygens (including phenoxy) is 3. The van der Waals surface area contributed by atoms with Gasteiger partial charge in [-0.15, -0.1) is 0 Å². The van der Waals surface area contributed by atoms with Gasteiger partial charge in [-0.1, -0.05) is 24.3 Å². The van der Waals surface area contributed by atoms with Crippen molar-refractivity contribution in [2.24, 2.45) is 17.8 Å². The predicted octanol–water partition coefficient (Wildman–Crippen LogP) is 5.38. The van der Waals surface area contributed by atoms with Gasteiger partial charge in [0.05, 0.1) is 20.8 Å². The molecule has 4 fully saturated rings. The van der Waals surface area contributed by atoms with Crippen molar-refractivity contribution in [1.29, 1.82) is 0 Å². The quantitative estimate of drug-likeness (QED) is 0.274. The number of hydrogen-bond acceptors (Lipinski definition) is 5. The maximum atomic E-state index is 14.1. The third kappa shape index (κ3) is 6.53. The molecule has 44 heavy (non-hydrogen) atoms. The number of methoxy groups -OCH3 is 3. The van der Waals surface area contributed by atoms with Crippen LogP contribution in [-0.2, 0) is 22.5 Å². The van der Waals surface area contributed by atoms with Gasteiger partial charge < -0.3 is 34.3 Å². The van der Waals surface area contributed by atoms with Crippen molar-refractivity contribution in [3.05, 3.63) is 59.8 Å². The fourth-order valence-electron chi connectivity index (χ4n) is 8.37. The first-order chi connectivity index (χ1) is 21.4. The highest BCUT2D eigenvalue weighted by atomic mass is 16.5. The number of nitrogens with zero attached hydrogens (tertiary/aromatic N) is 2. The number of rotatable bonds is 13. The molecular formula is C35H46N4O5. The molecule has 7 rings (SSSR count). The Morgan fingerprint density at radius 2 is 1.61 bits per heavy atom. The van der Waals surface area contributed by atoms with E-state index in [9.17, 15) is 9.59 Å². The van der Waals surface area contributed by atoms with Crippen molar-refractivity contribution < 1.29 is 23.8 Å². The molecule has 3 amide bonds. The molecule has 0 atom stereocenters. The normalized spacial score (nSPS) is 23.5. The summed E-state index contributed by atoms with van der Waals surface area (Å²) in [5.74, 6) is 3.31. The summed E-state index contributed by atoms with van der Waals surface area (Å²) < 4.78 is 16.3. The summed E-state index contributed by atoms with van der Waals surface area (Å²) in [5.41, 5.74) is 3.03. The van der Waals surface area contributed by atoms with Gasteiger partial charge in [0.2, 0.25) is 5.91 Å². The van der Waals surface area contributed by atoms with Gasteiger partial charge >= 0.3 is 6.03 Å². The Balaban J connectivity index is 1.20. The minimum atomic E-state index is -0.153. The van der Waals surface area contributed by atoms with Crippen molar-refractivity contribution in [2.75, 3.05) is 47.6 Å². The van der Waals surface area contributed by atoms with E-state index in [4.69, 9.17) is 14.2 Å². The van der Waals surface area contributed by atoms with Gasteiger partial charge in [0.1, 0.15) is 6.54 Å². The number of urea groups is 1. The van der Waals surface area contributed by atoms with Crippen LogP contribution in [0.1, 0.15) is 49.7 Å². The number of hydrogen-bond donors (Lipinski definition) is 2. The summed E-state index contributed by atoms with van der Waals surface area (Å²) >= 11 is 0. The fraction of sp³-hybridized carbons (Fsp3) is 0.543. The number of nitrogens with one attached hydrogen (secondary N) is 2. The Morgan fingerprint density at radius 1 is 0.909 bits per heavy atom. The van der Waals surface area contributed by atoms with Crippen molar-refractivity contribution in [1.82, 2.24) is 20.1 Å². The average molecular weight is 603 g/mol. The summed E-state index contributed by atoms with van der Waals surface area (Å²) in [6.07, 6.45) is 9.81. The predicted molar refractivity (Wildman–Crippen MR) is 170 cm³/mol. The third-order valence-corrected chi connectivity index (χ3v) is 10.1. The zero-order valence-electron chi connectivity index (χ0n) is 26.3. The molecule has 9 heteroatoms. The minimum Gasteiger partial charge on any atom is -0.493 e. The third-order valence-electron chi connectivity index (χ3n) is 10.1. The monoisotopic (exact) mass is 602 g/mol. The highest BCUT2D eigenvalue weighted by molar-refractivity contribution is 5.85. The number of aromatic nitrogens is 1. The van der Waals surface area contributed by atoms with E-state index < -0.39 is 0 Å².